The van der Waals surface area contributed by atoms with Gasteiger partial charge in [-0.05, 0) is 49.4 Å². The molecule has 0 fully saturated rings. The molecule has 0 aliphatic rings. The molecule has 3 unspecified atom stereocenters. The van der Waals surface area contributed by atoms with Crippen molar-refractivity contribution in [2.45, 2.75) is 395 Å². The summed E-state index contributed by atoms with van der Waals surface area (Å²) < 4.78 is 68.5. The lowest BCUT2D eigenvalue weighted by Gasteiger charge is -2.21. The van der Waals surface area contributed by atoms with Crippen molar-refractivity contribution in [3.05, 3.63) is 0 Å². The van der Waals surface area contributed by atoms with Crippen LogP contribution in [0.5, 0.6) is 0 Å². The minimum Gasteiger partial charge on any atom is -0.462 e. The number of aliphatic hydroxyl groups excluding tert-OH is 1. The molecule has 0 aromatic rings. The molecule has 17 nitrogen and oxygen atoms in total. The Bertz CT molecular complexity index is 1850. The fourth-order valence-corrected chi connectivity index (χ4v) is 12.9. The zero-order valence-electron chi connectivity index (χ0n) is 61.6. The van der Waals surface area contributed by atoms with Gasteiger partial charge in [0.1, 0.15) is 19.3 Å². The van der Waals surface area contributed by atoms with Crippen LogP contribution in [0.4, 0.5) is 0 Å². The summed E-state index contributed by atoms with van der Waals surface area (Å²) in [5.74, 6) is 0.910. The van der Waals surface area contributed by atoms with E-state index in [9.17, 15) is 43.2 Å². The maximum absolute atomic E-state index is 13.1. The fraction of sp³-hybridized carbons (Fsp3) is 0.947. The summed E-state index contributed by atoms with van der Waals surface area (Å²) in [6.45, 7) is 14.1. The highest BCUT2D eigenvalue weighted by Gasteiger charge is 2.30. The van der Waals surface area contributed by atoms with Crippen LogP contribution in [-0.2, 0) is 65.4 Å². The van der Waals surface area contributed by atoms with Gasteiger partial charge < -0.3 is 33.8 Å². The van der Waals surface area contributed by atoms with Gasteiger partial charge in [0.25, 0.3) is 0 Å². The summed E-state index contributed by atoms with van der Waals surface area (Å²) in [4.78, 5) is 72.7. The first kappa shape index (κ1) is 92.1. The predicted octanol–water partition coefficient (Wildman–Crippen LogP) is 21.7. The van der Waals surface area contributed by atoms with E-state index in [-0.39, 0.29) is 25.7 Å². The smallest absolute Gasteiger partial charge is 0.462 e. The number of esters is 4. The molecule has 0 rings (SSSR count). The largest absolute Gasteiger partial charge is 0.472 e. The second-order valence-electron chi connectivity index (χ2n) is 28.7. The Hall–Kier alpha value is -1.94. The number of aliphatic hydroxyl groups is 1. The van der Waals surface area contributed by atoms with Gasteiger partial charge in [0.05, 0.1) is 26.4 Å². The van der Waals surface area contributed by atoms with Gasteiger partial charge in [-0.15, -0.1) is 0 Å². The van der Waals surface area contributed by atoms with Gasteiger partial charge in [-0.1, -0.05) is 325 Å². The summed E-state index contributed by atoms with van der Waals surface area (Å²) in [5.41, 5.74) is 0. The quantitative estimate of drug-likeness (QED) is 0.0222. The first-order valence-corrected chi connectivity index (χ1v) is 41.7. The van der Waals surface area contributed by atoms with E-state index in [1.54, 1.807) is 0 Å². The predicted molar refractivity (Wildman–Crippen MR) is 381 cm³/mol. The normalized spacial score (nSPS) is 14.4. The molecule has 19 heteroatoms. The number of carbonyl (C=O) groups is 4. The number of phosphoric acid groups is 2. The summed E-state index contributed by atoms with van der Waals surface area (Å²) in [5, 5.41) is 10.6. The van der Waals surface area contributed by atoms with Gasteiger partial charge in [-0.2, -0.15) is 0 Å². The van der Waals surface area contributed by atoms with Gasteiger partial charge in [0.15, 0.2) is 12.2 Å². The Morgan fingerprint density at radius 2 is 0.511 bits per heavy atom. The van der Waals surface area contributed by atoms with Crippen LogP contribution in [0.15, 0.2) is 0 Å². The van der Waals surface area contributed by atoms with Gasteiger partial charge in [0, 0.05) is 25.7 Å². The Labute approximate surface area is 575 Å². The van der Waals surface area contributed by atoms with E-state index in [1.165, 1.54) is 173 Å². The summed E-state index contributed by atoms with van der Waals surface area (Å²) in [7, 11) is -9.91. The molecule has 0 amide bonds. The first-order valence-electron chi connectivity index (χ1n) is 38.7. The minimum atomic E-state index is -4.96. The van der Waals surface area contributed by atoms with Crippen molar-refractivity contribution >= 4 is 39.5 Å². The van der Waals surface area contributed by atoms with Crippen LogP contribution in [0, 0.1) is 23.7 Å². The number of hydrogen-bond acceptors (Lipinski definition) is 15. The molecule has 0 spiro atoms. The zero-order chi connectivity index (χ0) is 69.6. The highest BCUT2D eigenvalue weighted by Crippen LogP contribution is 2.45. The molecule has 0 aromatic carbocycles. The standard InChI is InChI=1S/C75H146O17P2/c1-9-68(8)54-46-38-29-25-26-32-42-50-58-75(80)92-70(61-85-72(77)55-47-39-30-23-19-15-11-10-13-17-21-27-35-43-51-65(2)3)63-89-93(81,82)87-59-69(76)60-88-94(83,84)90-64-71(62-86-73(78)56-48-40-34-33-37-45-53-67(6)7)91-74(79)57-49-41-31-24-20-16-12-14-18-22-28-36-44-52-66(4)5/h65-71,76H,9-64H2,1-8H3,(H,81,82)(H,83,84)/t68?,69-,70-,71-/m1/s1. The second-order valence-corrected chi connectivity index (χ2v) is 31.6. The summed E-state index contributed by atoms with van der Waals surface area (Å²) in [6, 6.07) is 0. The van der Waals surface area contributed by atoms with E-state index in [4.69, 9.17) is 37.0 Å². The number of ether oxygens (including phenoxy) is 4. The lowest BCUT2D eigenvalue weighted by molar-refractivity contribution is -0.161. The van der Waals surface area contributed by atoms with Gasteiger partial charge in [-0.3, -0.25) is 37.3 Å². The van der Waals surface area contributed by atoms with Gasteiger partial charge in [0.2, 0.25) is 0 Å². The van der Waals surface area contributed by atoms with Crippen molar-refractivity contribution in [3.63, 3.8) is 0 Å². The monoisotopic (exact) mass is 1380 g/mol. The van der Waals surface area contributed by atoms with Crippen molar-refractivity contribution in [3.8, 4) is 0 Å². The van der Waals surface area contributed by atoms with Crippen LogP contribution in [0.25, 0.3) is 0 Å². The third kappa shape index (κ3) is 67.3. The van der Waals surface area contributed by atoms with E-state index in [2.05, 4.69) is 55.4 Å². The molecule has 0 saturated heterocycles. The third-order valence-corrected chi connectivity index (χ3v) is 19.6. The van der Waals surface area contributed by atoms with Crippen molar-refractivity contribution in [1.82, 2.24) is 0 Å². The minimum absolute atomic E-state index is 0.105. The van der Waals surface area contributed by atoms with Gasteiger partial charge in [-0.25, -0.2) is 9.13 Å². The van der Waals surface area contributed by atoms with E-state index >= 15 is 0 Å². The van der Waals surface area contributed by atoms with Crippen LogP contribution < -0.4 is 0 Å². The molecule has 0 bridgehead atoms. The molecule has 6 atom stereocenters. The Balaban J connectivity index is 5.22. The highest BCUT2D eigenvalue weighted by molar-refractivity contribution is 7.47. The van der Waals surface area contributed by atoms with E-state index in [0.717, 1.165) is 114 Å². The molecule has 0 aliphatic heterocycles. The van der Waals surface area contributed by atoms with E-state index in [1.807, 2.05) is 0 Å². The number of phosphoric ester groups is 2. The van der Waals surface area contributed by atoms with Crippen LogP contribution >= 0.6 is 15.6 Å². The zero-order valence-corrected chi connectivity index (χ0v) is 63.4. The molecule has 0 saturated carbocycles. The molecular formula is C75H146O17P2. The van der Waals surface area contributed by atoms with Crippen LogP contribution in [0.3, 0.4) is 0 Å². The number of hydrogen-bond donors (Lipinski definition) is 3. The molecular weight excluding hydrogens is 1230 g/mol. The maximum Gasteiger partial charge on any atom is 0.472 e. The van der Waals surface area contributed by atoms with E-state index < -0.39 is 97.5 Å². The number of carbonyl (C=O) groups excluding carboxylic acids is 4. The van der Waals surface area contributed by atoms with Crippen LogP contribution in [-0.4, -0.2) is 96.7 Å². The van der Waals surface area contributed by atoms with Crippen LogP contribution in [0.2, 0.25) is 0 Å². The van der Waals surface area contributed by atoms with E-state index in [0.29, 0.717) is 31.6 Å². The third-order valence-electron chi connectivity index (χ3n) is 17.7. The van der Waals surface area contributed by atoms with Crippen molar-refractivity contribution < 1.29 is 80.2 Å². The summed E-state index contributed by atoms with van der Waals surface area (Å²) in [6.07, 6.45) is 48.7. The molecule has 0 heterocycles. The Morgan fingerprint density at radius 3 is 0.755 bits per heavy atom. The topological polar surface area (TPSA) is 237 Å². The SMILES string of the molecule is CCC(C)CCCCCCCCCCC(=O)O[C@H](COC(=O)CCCCCCCCCCCCCCCCC(C)C)COP(=O)(O)OC[C@@H](O)COP(=O)(O)OC[C@@H](COC(=O)CCCCCCCCC(C)C)OC(=O)CCCCCCCCCCCCCCCC(C)C. The number of unbranched alkanes of at least 4 members (excludes halogenated alkanes) is 37. The fourth-order valence-electron chi connectivity index (χ4n) is 11.3. The first-order chi connectivity index (χ1) is 45.1. The Morgan fingerprint density at radius 1 is 0.298 bits per heavy atom. The molecule has 0 radical (unpaired) electrons. The summed E-state index contributed by atoms with van der Waals surface area (Å²) >= 11 is 0. The Kier molecular flexibility index (Phi) is 63.1. The maximum atomic E-state index is 13.1. The molecule has 94 heavy (non-hydrogen) atoms. The van der Waals surface area contributed by atoms with Crippen molar-refractivity contribution in [1.29, 1.82) is 0 Å². The van der Waals surface area contributed by atoms with Crippen molar-refractivity contribution in [2.75, 3.05) is 39.6 Å². The number of rotatable bonds is 72. The average molecular weight is 1380 g/mol. The lowest BCUT2D eigenvalue weighted by atomic mass is 9.99. The van der Waals surface area contributed by atoms with Crippen molar-refractivity contribution in [2.24, 2.45) is 23.7 Å². The molecule has 558 valence electrons. The van der Waals surface area contributed by atoms with Crippen LogP contribution in [0.1, 0.15) is 376 Å². The lowest BCUT2D eigenvalue weighted by Crippen LogP contribution is -2.30. The highest BCUT2D eigenvalue weighted by atomic mass is 31.2. The average Bonchev–Trinajstić information content (AvgIpc) is 1.08. The molecule has 0 aromatic heterocycles. The second kappa shape index (κ2) is 64.4. The molecule has 0 aliphatic carbocycles. The van der Waals surface area contributed by atoms with Gasteiger partial charge >= 0.3 is 39.5 Å². The molecule has 3 N–H and O–H groups in total.